The minimum absolute atomic E-state index is 0.269. The van der Waals surface area contributed by atoms with Crippen molar-refractivity contribution in [3.63, 3.8) is 0 Å². The van der Waals surface area contributed by atoms with E-state index >= 15 is 0 Å². The standard InChI is InChI=1S/C25H40N2O3/c1-4-15-25(29,16-5-2)20-26-17-21-11-9-10-14-24(21)30-19-23(28)18-27(3)22-12-7-6-8-13-22/h4-5,9-11,14,22-23,26,28-29H,1-2,6-8,12-13,15-20H2,3H3. The molecule has 0 bridgehead atoms. The third-order valence-electron chi connectivity index (χ3n) is 5.92. The van der Waals surface area contributed by atoms with Gasteiger partial charge >= 0.3 is 0 Å². The van der Waals surface area contributed by atoms with Crippen LogP contribution in [0.1, 0.15) is 50.5 Å². The van der Waals surface area contributed by atoms with E-state index in [4.69, 9.17) is 4.74 Å². The predicted molar refractivity (Wildman–Crippen MR) is 124 cm³/mol. The highest BCUT2D eigenvalue weighted by atomic mass is 16.5. The topological polar surface area (TPSA) is 65.0 Å². The molecule has 1 aliphatic rings. The summed E-state index contributed by atoms with van der Waals surface area (Å²) in [5, 5.41) is 24.4. The Hall–Kier alpha value is -1.66. The van der Waals surface area contributed by atoms with E-state index in [9.17, 15) is 10.2 Å². The van der Waals surface area contributed by atoms with Crippen molar-refractivity contribution in [3.8, 4) is 5.75 Å². The van der Waals surface area contributed by atoms with Crippen LogP contribution in [-0.4, -0.2) is 59.6 Å². The summed E-state index contributed by atoms with van der Waals surface area (Å²) in [5.41, 5.74) is 0.129. The van der Waals surface area contributed by atoms with Crippen molar-refractivity contribution in [1.82, 2.24) is 10.2 Å². The minimum Gasteiger partial charge on any atom is -0.491 e. The van der Waals surface area contributed by atoms with Crippen LogP contribution in [0.4, 0.5) is 0 Å². The zero-order valence-electron chi connectivity index (χ0n) is 18.6. The summed E-state index contributed by atoms with van der Waals surface area (Å²) in [5.74, 6) is 0.764. The summed E-state index contributed by atoms with van der Waals surface area (Å²) in [6.45, 7) is 9.37. The van der Waals surface area contributed by atoms with E-state index in [1.165, 1.54) is 32.1 Å². The number of nitrogens with one attached hydrogen (secondary N) is 1. The van der Waals surface area contributed by atoms with Crippen LogP contribution in [0.25, 0.3) is 0 Å². The first-order chi connectivity index (χ1) is 14.5. The number of para-hydroxylation sites is 1. The Kier molecular flexibility index (Phi) is 10.6. The number of aliphatic hydroxyl groups is 2. The summed E-state index contributed by atoms with van der Waals surface area (Å²) >= 11 is 0. The van der Waals surface area contributed by atoms with Gasteiger partial charge in [-0.15, -0.1) is 13.2 Å². The molecule has 0 amide bonds. The maximum Gasteiger partial charge on any atom is 0.123 e. The van der Waals surface area contributed by atoms with Crippen molar-refractivity contribution in [1.29, 1.82) is 0 Å². The molecule has 1 atom stereocenters. The van der Waals surface area contributed by atoms with Gasteiger partial charge in [0.1, 0.15) is 18.5 Å². The van der Waals surface area contributed by atoms with Crippen LogP contribution < -0.4 is 10.1 Å². The Morgan fingerprint density at radius 1 is 1.20 bits per heavy atom. The van der Waals surface area contributed by atoms with Gasteiger partial charge in [0, 0.05) is 31.2 Å². The molecule has 0 heterocycles. The third-order valence-corrected chi connectivity index (χ3v) is 5.92. The fourth-order valence-electron chi connectivity index (χ4n) is 4.23. The summed E-state index contributed by atoms with van der Waals surface area (Å²) in [6, 6.07) is 8.41. The molecule has 3 N–H and O–H groups in total. The molecule has 1 unspecified atom stereocenters. The lowest BCUT2D eigenvalue weighted by molar-refractivity contribution is 0.0458. The molecule has 30 heavy (non-hydrogen) atoms. The Bertz CT molecular complexity index is 633. The lowest BCUT2D eigenvalue weighted by atomic mass is 9.94. The van der Waals surface area contributed by atoms with Gasteiger partial charge in [0.25, 0.3) is 0 Å². The van der Waals surface area contributed by atoms with Crippen LogP contribution in [-0.2, 0) is 6.54 Å². The zero-order valence-corrected chi connectivity index (χ0v) is 18.6. The van der Waals surface area contributed by atoms with Gasteiger partial charge in [-0.1, -0.05) is 49.6 Å². The lowest BCUT2D eigenvalue weighted by Crippen LogP contribution is -2.40. The molecule has 1 aromatic rings. The van der Waals surface area contributed by atoms with E-state index in [0.717, 1.165) is 11.3 Å². The van der Waals surface area contributed by atoms with Crippen LogP contribution >= 0.6 is 0 Å². The van der Waals surface area contributed by atoms with Crippen LogP contribution in [0.3, 0.4) is 0 Å². The fourth-order valence-corrected chi connectivity index (χ4v) is 4.23. The molecule has 5 nitrogen and oxygen atoms in total. The first-order valence-corrected chi connectivity index (χ1v) is 11.2. The van der Waals surface area contributed by atoms with Crippen molar-refractivity contribution in [3.05, 3.63) is 55.1 Å². The van der Waals surface area contributed by atoms with E-state index in [1.54, 1.807) is 12.2 Å². The number of hydrogen-bond acceptors (Lipinski definition) is 5. The number of hydrogen-bond donors (Lipinski definition) is 3. The van der Waals surface area contributed by atoms with Crippen LogP contribution in [0, 0.1) is 0 Å². The summed E-state index contributed by atoms with van der Waals surface area (Å²) in [7, 11) is 2.10. The molecule has 0 aromatic heterocycles. The normalized spacial score (nSPS) is 16.4. The summed E-state index contributed by atoms with van der Waals surface area (Å²) in [4.78, 5) is 2.28. The Balaban J connectivity index is 1.82. The Labute approximate surface area is 182 Å². The first-order valence-electron chi connectivity index (χ1n) is 11.2. The van der Waals surface area contributed by atoms with E-state index in [1.807, 2.05) is 24.3 Å². The van der Waals surface area contributed by atoms with E-state index in [-0.39, 0.29) is 6.61 Å². The maximum absolute atomic E-state index is 10.7. The van der Waals surface area contributed by atoms with Gasteiger partial charge in [-0.2, -0.15) is 0 Å². The van der Waals surface area contributed by atoms with E-state index in [2.05, 4.69) is 30.4 Å². The molecule has 1 aromatic carbocycles. The Morgan fingerprint density at radius 3 is 2.53 bits per heavy atom. The van der Waals surface area contributed by atoms with Crippen LogP contribution in [0.15, 0.2) is 49.6 Å². The van der Waals surface area contributed by atoms with Crippen molar-refractivity contribution >= 4 is 0 Å². The number of likely N-dealkylation sites (N-methyl/N-ethyl adjacent to an activating group) is 1. The van der Waals surface area contributed by atoms with Crippen molar-refractivity contribution in [2.24, 2.45) is 0 Å². The van der Waals surface area contributed by atoms with E-state index < -0.39 is 11.7 Å². The molecule has 0 aliphatic heterocycles. The molecule has 168 valence electrons. The van der Waals surface area contributed by atoms with Crippen molar-refractivity contribution < 1.29 is 14.9 Å². The average molecular weight is 417 g/mol. The molecular formula is C25H40N2O3. The fraction of sp³-hybridized carbons (Fsp3) is 0.600. The molecule has 0 radical (unpaired) electrons. The smallest absolute Gasteiger partial charge is 0.123 e. The van der Waals surface area contributed by atoms with Gasteiger partial charge in [0.15, 0.2) is 0 Å². The maximum atomic E-state index is 10.7. The highest BCUT2D eigenvalue weighted by molar-refractivity contribution is 5.33. The van der Waals surface area contributed by atoms with Crippen molar-refractivity contribution in [2.45, 2.75) is 69.2 Å². The van der Waals surface area contributed by atoms with Gasteiger partial charge in [0.2, 0.25) is 0 Å². The monoisotopic (exact) mass is 416 g/mol. The molecular weight excluding hydrogens is 376 g/mol. The number of aliphatic hydroxyl groups excluding tert-OH is 1. The molecule has 0 spiro atoms. The largest absolute Gasteiger partial charge is 0.491 e. The highest BCUT2D eigenvalue weighted by Gasteiger charge is 2.23. The quantitative estimate of drug-likeness (QED) is 0.404. The molecule has 1 fully saturated rings. The molecule has 1 aliphatic carbocycles. The number of ether oxygens (including phenoxy) is 1. The minimum atomic E-state index is -0.876. The zero-order chi connectivity index (χ0) is 21.8. The number of rotatable bonds is 14. The van der Waals surface area contributed by atoms with Gasteiger partial charge in [-0.25, -0.2) is 0 Å². The molecule has 2 rings (SSSR count). The van der Waals surface area contributed by atoms with Gasteiger partial charge in [-0.05, 0) is 38.8 Å². The predicted octanol–water partition coefficient (Wildman–Crippen LogP) is 3.66. The van der Waals surface area contributed by atoms with Crippen LogP contribution in [0.2, 0.25) is 0 Å². The van der Waals surface area contributed by atoms with Gasteiger partial charge in [-0.3, -0.25) is 0 Å². The number of benzene rings is 1. The third kappa shape index (κ3) is 8.23. The molecule has 1 saturated carbocycles. The molecule has 0 saturated heterocycles. The average Bonchev–Trinajstić information content (AvgIpc) is 2.74. The first kappa shape index (κ1) is 24.6. The SMILES string of the molecule is C=CCC(O)(CC=C)CNCc1ccccc1OCC(O)CN(C)C1CCCCC1. The lowest BCUT2D eigenvalue weighted by Gasteiger charge is -2.32. The highest BCUT2D eigenvalue weighted by Crippen LogP contribution is 2.22. The van der Waals surface area contributed by atoms with Gasteiger partial charge in [0.05, 0.1) is 5.60 Å². The second-order valence-corrected chi connectivity index (χ2v) is 8.62. The van der Waals surface area contributed by atoms with E-state index in [0.29, 0.717) is 38.5 Å². The summed E-state index contributed by atoms with van der Waals surface area (Å²) < 4.78 is 5.95. The van der Waals surface area contributed by atoms with Crippen LogP contribution in [0.5, 0.6) is 5.75 Å². The molecule has 5 heteroatoms. The second-order valence-electron chi connectivity index (χ2n) is 8.62. The summed E-state index contributed by atoms with van der Waals surface area (Å²) in [6.07, 6.45) is 10.3. The Morgan fingerprint density at radius 2 is 1.87 bits per heavy atom. The van der Waals surface area contributed by atoms with Gasteiger partial charge < -0.3 is 25.2 Å². The second kappa shape index (κ2) is 12.9. The number of nitrogens with zero attached hydrogens (tertiary/aromatic N) is 1. The van der Waals surface area contributed by atoms with Crippen molar-refractivity contribution in [2.75, 3.05) is 26.7 Å².